The first-order valence-electron chi connectivity index (χ1n) is 7.73. The Kier molecular flexibility index (Phi) is 5.53. The molecule has 1 heterocycles. The van der Waals surface area contributed by atoms with E-state index in [9.17, 15) is 4.79 Å². The predicted octanol–water partition coefficient (Wildman–Crippen LogP) is 4.05. The third kappa shape index (κ3) is 3.97. The van der Waals surface area contributed by atoms with E-state index in [1.807, 2.05) is 43.3 Å². The molecule has 0 aliphatic carbocycles. The number of carbonyl (C=O) groups is 1. The highest BCUT2D eigenvalue weighted by atomic mass is 35.5. The average Bonchev–Trinajstić information content (AvgIpc) is 2.96. The molecule has 0 spiro atoms. The molecule has 1 amide bonds. The number of benzene rings is 2. The number of thioether (sulfide) groups is 1. The molecule has 1 saturated heterocycles. The van der Waals surface area contributed by atoms with Gasteiger partial charge in [0.15, 0.2) is 0 Å². The van der Waals surface area contributed by atoms with E-state index >= 15 is 0 Å². The molecular formula is C18H18ClNO3S. The molecule has 2 aromatic rings. The fourth-order valence-corrected chi connectivity index (χ4v) is 3.84. The van der Waals surface area contributed by atoms with Crippen molar-refractivity contribution >= 4 is 29.3 Å². The second-order valence-electron chi connectivity index (χ2n) is 5.26. The minimum atomic E-state index is -0.199. The minimum Gasteiger partial charge on any atom is -0.494 e. The van der Waals surface area contributed by atoms with E-state index in [0.717, 1.165) is 5.56 Å². The fraction of sp³-hybridized carbons (Fsp3) is 0.278. The Bertz CT molecular complexity index is 711. The first-order valence-corrected chi connectivity index (χ1v) is 9.05. The van der Waals surface area contributed by atoms with Crippen molar-refractivity contribution in [2.45, 2.75) is 17.5 Å². The molecule has 0 saturated carbocycles. The largest absolute Gasteiger partial charge is 0.494 e. The Morgan fingerprint density at radius 1 is 1.17 bits per heavy atom. The zero-order valence-corrected chi connectivity index (χ0v) is 14.8. The lowest BCUT2D eigenvalue weighted by atomic mass is 10.1. The lowest BCUT2D eigenvalue weighted by molar-refractivity contribution is -0.120. The molecule has 2 atom stereocenters. The van der Waals surface area contributed by atoms with E-state index in [2.05, 4.69) is 5.32 Å². The quantitative estimate of drug-likeness (QED) is 0.841. The molecule has 1 aliphatic rings. The molecule has 1 N–H and O–H groups in total. The van der Waals surface area contributed by atoms with Gasteiger partial charge in [0, 0.05) is 6.07 Å². The van der Waals surface area contributed by atoms with E-state index in [-0.39, 0.29) is 16.5 Å². The second-order valence-corrected chi connectivity index (χ2v) is 6.98. The van der Waals surface area contributed by atoms with E-state index in [0.29, 0.717) is 29.7 Å². The first-order chi connectivity index (χ1) is 11.7. The molecule has 0 radical (unpaired) electrons. The summed E-state index contributed by atoms with van der Waals surface area (Å²) in [6.45, 7) is 2.86. The fourth-order valence-electron chi connectivity index (χ4n) is 2.45. The van der Waals surface area contributed by atoms with Crippen molar-refractivity contribution in [1.82, 2.24) is 5.32 Å². The maximum Gasteiger partial charge on any atom is 0.238 e. The van der Waals surface area contributed by atoms with Crippen LogP contribution >= 0.6 is 23.4 Å². The number of hydrogen-bond donors (Lipinski definition) is 1. The second kappa shape index (κ2) is 7.81. The van der Waals surface area contributed by atoms with Gasteiger partial charge in [0.2, 0.25) is 5.91 Å². The van der Waals surface area contributed by atoms with E-state index in [4.69, 9.17) is 21.1 Å². The third-order valence-electron chi connectivity index (χ3n) is 3.55. The van der Waals surface area contributed by atoms with Gasteiger partial charge < -0.3 is 14.8 Å². The summed E-state index contributed by atoms with van der Waals surface area (Å²) in [7, 11) is 0. The van der Waals surface area contributed by atoms with Gasteiger partial charge in [-0.15, -0.1) is 11.8 Å². The lowest BCUT2D eigenvalue weighted by Crippen LogP contribution is -2.30. The lowest BCUT2D eigenvalue weighted by Gasteiger charge is -2.13. The van der Waals surface area contributed by atoms with Crippen LogP contribution in [0.3, 0.4) is 0 Å². The van der Waals surface area contributed by atoms with Crippen LogP contribution in [-0.2, 0) is 4.79 Å². The molecule has 6 heteroatoms. The van der Waals surface area contributed by atoms with E-state index in [1.165, 1.54) is 0 Å². The van der Waals surface area contributed by atoms with Crippen LogP contribution in [0.4, 0.5) is 0 Å². The smallest absolute Gasteiger partial charge is 0.238 e. The van der Waals surface area contributed by atoms with Gasteiger partial charge in [-0.1, -0.05) is 41.9 Å². The van der Waals surface area contributed by atoms with Crippen molar-refractivity contribution in [2.24, 2.45) is 0 Å². The molecule has 1 fully saturated rings. The standard InChI is InChI=1S/C18H18ClNO3S/c1-2-22-13-8-9-15(14(19)10-13)23-11-16-20-18(21)17(24-16)12-6-4-3-5-7-12/h3-10,16-17H,2,11H2,1H3,(H,20,21). The zero-order chi connectivity index (χ0) is 16.9. The van der Waals surface area contributed by atoms with Crippen LogP contribution in [0.15, 0.2) is 48.5 Å². The summed E-state index contributed by atoms with van der Waals surface area (Å²) in [6.07, 6.45) is 0. The molecule has 24 heavy (non-hydrogen) atoms. The molecule has 2 unspecified atom stereocenters. The van der Waals surface area contributed by atoms with Gasteiger partial charge in [0.1, 0.15) is 28.7 Å². The van der Waals surface area contributed by atoms with Gasteiger partial charge in [0.25, 0.3) is 0 Å². The molecule has 4 nitrogen and oxygen atoms in total. The van der Waals surface area contributed by atoms with Crippen LogP contribution < -0.4 is 14.8 Å². The first kappa shape index (κ1) is 17.0. The summed E-state index contributed by atoms with van der Waals surface area (Å²) in [5, 5.41) is 3.15. The number of nitrogens with one attached hydrogen (secondary N) is 1. The van der Waals surface area contributed by atoms with Crippen LogP contribution in [0.5, 0.6) is 11.5 Å². The van der Waals surface area contributed by atoms with Crippen molar-refractivity contribution < 1.29 is 14.3 Å². The Balaban J connectivity index is 1.59. The Morgan fingerprint density at radius 3 is 2.67 bits per heavy atom. The molecule has 0 bridgehead atoms. The summed E-state index contributed by atoms with van der Waals surface area (Å²) >= 11 is 7.76. The zero-order valence-electron chi connectivity index (χ0n) is 13.2. The van der Waals surface area contributed by atoms with Gasteiger partial charge in [0.05, 0.1) is 11.6 Å². The molecule has 2 aromatic carbocycles. The summed E-state index contributed by atoms with van der Waals surface area (Å²) in [5.41, 5.74) is 1.00. The van der Waals surface area contributed by atoms with Crippen molar-refractivity contribution in [3.63, 3.8) is 0 Å². The van der Waals surface area contributed by atoms with Gasteiger partial charge in [-0.05, 0) is 24.6 Å². The maximum absolute atomic E-state index is 12.1. The van der Waals surface area contributed by atoms with Crippen LogP contribution in [0.2, 0.25) is 5.02 Å². The van der Waals surface area contributed by atoms with Crippen molar-refractivity contribution in [1.29, 1.82) is 0 Å². The Morgan fingerprint density at radius 2 is 1.96 bits per heavy atom. The number of amides is 1. The van der Waals surface area contributed by atoms with Crippen LogP contribution in [0.25, 0.3) is 0 Å². The van der Waals surface area contributed by atoms with E-state index < -0.39 is 0 Å². The van der Waals surface area contributed by atoms with Gasteiger partial charge in [-0.3, -0.25) is 4.79 Å². The van der Waals surface area contributed by atoms with Gasteiger partial charge in [-0.2, -0.15) is 0 Å². The van der Waals surface area contributed by atoms with Gasteiger partial charge >= 0.3 is 0 Å². The summed E-state index contributed by atoms with van der Waals surface area (Å²) in [4.78, 5) is 12.1. The average molecular weight is 364 g/mol. The number of halogens is 1. The molecule has 126 valence electrons. The maximum atomic E-state index is 12.1. The van der Waals surface area contributed by atoms with Crippen LogP contribution in [-0.4, -0.2) is 24.5 Å². The SMILES string of the molecule is CCOc1ccc(OCC2NC(=O)C(c3ccccc3)S2)c(Cl)c1. The van der Waals surface area contributed by atoms with Crippen LogP contribution in [0.1, 0.15) is 17.7 Å². The highest BCUT2D eigenvalue weighted by Crippen LogP contribution is 2.37. The molecule has 0 aromatic heterocycles. The normalized spacial score (nSPS) is 19.8. The van der Waals surface area contributed by atoms with Crippen molar-refractivity contribution in [3.8, 4) is 11.5 Å². The molecule has 3 rings (SSSR count). The topological polar surface area (TPSA) is 47.6 Å². The summed E-state index contributed by atoms with van der Waals surface area (Å²) in [6, 6.07) is 15.1. The highest BCUT2D eigenvalue weighted by Gasteiger charge is 2.34. The molecule has 1 aliphatic heterocycles. The summed E-state index contributed by atoms with van der Waals surface area (Å²) < 4.78 is 11.2. The number of ether oxygens (including phenoxy) is 2. The monoisotopic (exact) mass is 363 g/mol. The molecular weight excluding hydrogens is 346 g/mol. The summed E-state index contributed by atoms with van der Waals surface area (Å²) in [5.74, 6) is 1.30. The van der Waals surface area contributed by atoms with Crippen molar-refractivity contribution in [2.75, 3.05) is 13.2 Å². The number of carbonyl (C=O) groups excluding carboxylic acids is 1. The van der Waals surface area contributed by atoms with E-state index in [1.54, 1.807) is 23.9 Å². The minimum absolute atomic E-state index is 0.0117. The Hall–Kier alpha value is -1.85. The predicted molar refractivity (Wildman–Crippen MR) is 96.8 cm³/mol. The van der Waals surface area contributed by atoms with Crippen LogP contribution in [0, 0.1) is 0 Å². The van der Waals surface area contributed by atoms with Gasteiger partial charge in [-0.25, -0.2) is 0 Å². The third-order valence-corrected chi connectivity index (χ3v) is 5.18. The Labute approximate surface area is 150 Å². The highest BCUT2D eigenvalue weighted by molar-refractivity contribution is 8.01. The number of rotatable bonds is 6. The van der Waals surface area contributed by atoms with Crippen molar-refractivity contribution in [3.05, 3.63) is 59.1 Å². The number of hydrogen-bond acceptors (Lipinski definition) is 4.